The standard InChI is InChI=1S/C14H19N3O3S2/c1-8-9(2)22-14-12(8)13(19)16-10(17-14)6-21-7-11(18)15-4-5-20-3/h4-7H2,1-3H3,(H,15,18)(H,16,17,19). The summed E-state index contributed by atoms with van der Waals surface area (Å²) in [6.07, 6.45) is 0. The molecule has 0 unspecified atom stereocenters. The van der Waals surface area contributed by atoms with Crippen molar-refractivity contribution in [2.45, 2.75) is 19.6 Å². The molecule has 0 aromatic carbocycles. The Kier molecular flexibility index (Phi) is 5.98. The zero-order valence-corrected chi connectivity index (χ0v) is 14.4. The molecule has 0 bridgehead atoms. The van der Waals surface area contributed by atoms with Crippen LogP contribution in [0.1, 0.15) is 16.3 Å². The Morgan fingerprint density at radius 3 is 2.95 bits per heavy atom. The fourth-order valence-electron chi connectivity index (χ4n) is 1.95. The van der Waals surface area contributed by atoms with Gasteiger partial charge in [0.2, 0.25) is 5.91 Å². The van der Waals surface area contributed by atoms with Gasteiger partial charge in [-0.1, -0.05) is 0 Å². The topological polar surface area (TPSA) is 84.1 Å². The summed E-state index contributed by atoms with van der Waals surface area (Å²) >= 11 is 2.95. The molecule has 0 radical (unpaired) electrons. The molecule has 1 amide bonds. The molecule has 2 aromatic rings. The summed E-state index contributed by atoms with van der Waals surface area (Å²) < 4.78 is 4.86. The molecule has 8 heteroatoms. The maximum Gasteiger partial charge on any atom is 0.259 e. The van der Waals surface area contributed by atoms with Gasteiger partial charge in [-0.15, -0.1) is 23.1 Å². The lowest BCUT2D eigenvalue weighted by molar-refractivity contribution is -0.118. The van der Waals surface area contributed by atoms with Crippen molar-refractivity contribution in [2.75, 3.05) is 26.0 Å². The maximum atomic E-state index is 12.1. The maximum absolute atomic E-state index is 12.1. The van der Waals surface area contributed by atoms with Crippen LogP contribution in [0.5, 0.6) is 0 Å². The van der Waals surface area contributed by atoms with Crippen LogP contribution in [0.25, 0.3) is 10.2 Å². The van der Waals surface area contributed by atoms with Crippen LogP contribution in [0.15, 0.2) is 4.79 Å². The Balaban J connectivity index is 1.95. The van der Waals surface area contributed by atoms with Gasteiger partial charge in [-0.25, -0.2) is 4.98 Å². The van der Waals surface area contributed by atoms with Gasteiger partial charge < -0.3 is 15.0 Å². The number of nitrogens with zero attached hydrogens (tertiary/aromatic N) is 1. The average Bonchev–Trinajstić information content (AvgIpc) is 2.74. The Hall–Kier alpha value is -1.38. The molecule has 2 N–H and O–H groups in total. The molecule has 22 heavy (non-hydrogen) atoms. The number of aryl methyl sites for hydroxylation is 2. The molecule has 0 saturated carbocycles. The first kappa shape index (κ1) is 17.0. The highest BCUT2D eigenvalue weighted by Crippen LogP contribution is 2.26. The van der Waals surface area contributed by atoms with E-state index in [4.69, 9.17) is 4.74 Å². The van der Waals surface area contributed by atoms with Crippen molar-refractivity contribution in [1.29, 1.82) is 0 Å². The van der Waals surface area contributed by atoms with E-state index in [1.54, 1.807) is 7.11 Å². The summed E-state index contributed by atoms with van der Waals surface area (Å²) in [6.45, 7) is 4.92. The third-order valence-electron chi connectivity index (χ3n) is 3.19. The van der Waals surface area contributed by atoms with Gasteiger partial charge in [-0.3, -0.25) is 9.59 Å². The third kappa shape index (κ3) is 4.08. The molecule has 0 spiro atoms. The Morgan fingerprint density at radius 2 is 2.23 bits per heavy atom. The van der Waals surface area contributed by atoms with Gasteiger partial charge in [0, 0.05) is 18.5 Å². The lowest BCUT2D eigenvalue weighted by Crippen LogP contribution is -2.28. The monoisotopic (exact) mass is 341 g/mol. The average molecular weight is 341 g/mol. The number of nitrogens with one attached hydrogen (secondary N) is 2. The molecular weight excluding hydrogens is 322 g/mol. The molecule has 2 aromatic heterocycles. The minimum atomic E-state index is -0.105. The minimum Gasteiger partial charge on any atom is -0.383 e. The molecule has 0 fully saturated rings. The van der Waals surface area contributed by atoms with Crippen molar-refractivity contribution in [1.82, 2.24) is 15.3 Å². The lowest BCUT2D eigenvalue weighted by Gasteiger charge is -2.04. The zero-order valence-electron chi connectivity index (χ0n) is 12.8. The second-order valence-corrected chi connectivity index (χ2v) is 7.00. The first-order chi connectivity index (χ1) is 10.5. The number of aromatic amines is 1. The number of thiophene rings is 1. The highest BCUT2D eigenvalue weighted by Gasteiger charge is 2.12. The number of ether oxygens (including phenoxy) is 1. The Labute approximate surface area is 136 Å². The third-order valence-corrected chi connectivity index (χ3v) is 5.23. The van der Waals surface area contributed by atoms with Crippen LogP contribution in [-0.2, 0) is 15.3 Å². The van der Waals surface area contributed by atoms with Crippen LogP contribution in [0.4, 0.5) is 0 Å². The summed E-state index contributed by atoms with van der Waals surface area (Å²) in [5.74, 6) is 1.38. The number of carbonyl (C=O) groups is 1. The molecule has 0 aliphatic rings. The molecule has 2 rings (SSSR count). The van der Waals surface area contributed by atoms with E-state index in [0.29, 0.717) is 35.9 Å². The number of hydrogen-bond acceptors (Lipinski definition) is 6. The predicted molar refractivity (Wildman–Crippen MR) is 90.8 cm³/mol. The Bertz CT molecular complexity index is 724. The van der Waals surface area contributed by atoms with Crippen LogP contribution < -0.4 is 10.9 Å². The lowest BCUT2D eigenvalue weighted by atomic mass is 10.2. The normalized spacial score (nSPS) is 11.0. The van der Waals surface area contributed by atoms with Crippen molar-refractivity contribution < 1.29 is 9.53 Å². The molecule has 0 aliphatic carbocycles. The number of methoxy groups -OCH3 is 1. The minimum absolute atomic E-state index is 0.0479. The van der Waals surface area contributed by atoms with E-state index in [0.717, 1.165) is 15.3 Å². The predicted octanol–water partition coefficient (Wildman–Crippen LogP) is 1.60. The van der Waals surface area contributed by atoms with Gasteiger partial charge >= 0.3 is 0 Å². The summed E-state index contributed by atoms with van der Waals surface area (Å²) in [5, 5.41) is 3.42. The summed E-state index contributed by atoms with van der Waals surface area (Å²) in [4.78, 5) is 32.8. The molecule has 0 saturated heterocycles. The highest BCUT2D eigenvalue weighted by molar-refractivity contribution is 7.99. The molecule has 2 heterocycles. The molecule has 120 valence electrons. The summed E-state index contributed by atoms with van der Waals surface area (Å²) in [6, 6.07) is 0. The van der Waals surface area contributed by atoms with Gasteiger partial charge in [0.15, 0.2) is 0 Å². The fourth-order valence-corrected chi connectivity index (χ4v) is 3.72. The summed E-state index contributed by atoms with van der Waals surface area (Å²) in [7, 11) is 1.59. The van der Waals surface area contributed by atoms with E-state index in [9.17, 15) is 9.59 Å². The zero-order chi connectivity index (χ0) is 16.1. The first-order valence-corrected chi connectivity index (χ1v) is 8.82. The van der Waals surface area contributed by atoms with Crippen molar-refractivity contribution in [2.24, 2.45) is 0 Å². The van der Waals surface area contributed by atoms with Crippen molar-refractivity contribution in [3.05, 3.63) is 26.6 Å². The van der Waals surface area contributed by atoms with Crippen LogP contribution in [0, 0.1) is 13.8 Å². The van der Waals surface area contributed by atoms with Gasteiger partial charge in [0.1, 0.15) is 10.7 Å². The van der Waals surface area contributed by atoms with E-state index in [1.807, 2.05) is 13.8 Å². The number of rotatable bonds is 7. The second-order valence-electron chi connectivity index (χ2n) is 4.81. The SMILES string of the molecule is COCCNC(=O)CSCc1nc2sc(C)c(C)c2c(=O)[nH]1. The van der Waals surface area contributed by atoms with Crippen molar-refractivity contribution >= 4 is 39.2 Å². The number of amides is 1. The number of aromatic nitrogens is 2. The number of carbonyl (C=O) groups excluding carboxylic acids is 1. The largest absolute Gasteiger partial charge is 0.383 e. The van der Waals surface area contributed by atoms with E-state index in [2.05, 4.69) is 15.3 Å². The van der Waals surface area contributed by atoms with E-state index < -0.39 is 0 Å². The van der Waals surface area contributed by atoms with E-state index in [-0.39, 0.29) is 11.5 Å². The van der Waals surface area contributed by atoms with Crippen molar-refractivity contribution in [3.8, 4) is 0 Å². The number of thioether (sulfide) groups is 1. The Morgan fingerprint density at radius 1 is 1.45 bits per heavy atom. The number of H-pyrrole nitrogens is 1. The van der Waals surface area contributed by atoms with Crippen LogP contribution in [0.3, 0.4) is 0 Å². The van der Waals surface area contributed by atoms with Crippen molar-refractivity contribution in [3.63, 3.8) is 0 Å². The smallest absolute Gasteiger partial charge is 0.259 e. The van der Waals surface area contributed by atoms with Crippen LogP contribution in [0.2, 0.25) is 0 Å². The van der Waals surface area contributed by atoms with Crippen LogP contribution in [-0.4, -0.2) is 41.9 Å². The fraction of sp³-hybridized carbons (Fsp3) is 0.500. The van der Waals surface area contributed by atoms with Gasteiger partial charge in [-0.2, -0.15) is 0 Å². The number of hydrogen-bond donors (Lipinski definition) is 2. The van der Waals surface area contributed by atoms with E-state index >= 15 is 0 Å². The first-order valence-electron chi connectivity index (χ1n) is 6.85. The number of fused-ring (bicyclic) bond motifs is 1. The highest BCUT2D eigenvalue weighted by atomic mass is 32.2. The quantitative estimate of drug-likeness (QED) is 0.747. The molecule has 0 atom stereocenters. The molecule has 6 nitrogen and oxygen atoms in total. The van der Waals surface area contributed by atoms with Gasteiger partial charge in [0.05, 0.1) is 23.5 Å². The van der Waals surface area contributed by atoms with Crippen LogP contribution >= 0.6 is 23.1 Å². The van der Waals surface area contributed by atoms with Gasteiger partial charge in [0.25, 0.3) is 5.56 Å². The summed E-state index contributed by atoms with van der Waals surface area (Å²) in [5.41, 5.74) is 0.887. The second kappa shape index (κ2) is 7.75. The molecule has 0 aliphatic heterocycles. The van der Waals surface area contributed by atoms with E-state index in [1.165, 1.54) is 23.1 Å². The molecular formula is C14H19N3O3S2. The van der Waals surface area contributed by atoms with Gasteiger partial charge in [-0.05, 0) is 19.4 Å².